The molecule has 3 rings (SSSR count). The minimum absolute atomic E-state index is 0.148. The van der Waals surface area contributed by atoms with Crippen molar-refractivity contribution in [3.8, 4) is 0 Å². The van der Waals surface area contributed by atoms with Crippen LogP contribution in [0.2, 0.25) is 0 Å². The topological polar surface area (TPSA) is 58.1 Å². The normalized spacial score (nSPS) is 15.4. The van der Waals surface area contributed by atoms with Crippen LogP contribution in [0.15, 0.2) is 36.7 Å². The average Bonchev–Trinajstić information content (AvgIpc) is 2.90. The molecule has 0 radical (unpaired) electrons. The van der Waals surface area contributed by atoms with Crippen molar-refractivity contribution >= 4 is 17.4 Å². The first-order valence-corrected chi connectivity index (χ1v) is 8.49. The number of amides is 1. The number of hydrogen-bond donors (Lipinski definition) is 1. The molecule has 0 unspecified atom stereocenters. The maximum Gasteiger partial charge on any atom is 0.416 e. The molecule has 1 fully saturated rings. The van der Waals surface area contributed by atoms with Crippen molar-refractivity contribution in [2.24, 2.45) is 0 Å². The van der Waals surface area contributed by atoms with Gasteiger partial charge in [0.1, 0.15) is 17.8 Å². The first-order chi connectivity index (χ1) is 12.4. The molecule has 0 saturated carbocycles. The fourth-order valence-electron chi connectivity index (χ4n) is 2.87. The largest absolute Gasteiger partial charge is 0.416 e. The maximum absolute atomic E-state index is 12.6. The lowest BCUT2D eigenvalue weighted by molar-refractivity contribution is -0.137. The lowest BCUT2D eigenvalue weighted by Gasteiger charge is -2.19. The maximum atomic E-state index is 12.6. The van der Waals surface area contributed by atoms with Gasteiger partial charge in [0, 0.05) is 24.8 Å². The molecule has 26 heavy (non-hydrogen) atoms. The Morgan fingerprint density at radius 1 is 1.00 bits per heavy atom. The monoisotopic (exact) mass is 364 g/mol. The summed E-state index contributed by atoms with van der Waals surface area (Å²) in [6.45, 7) is 1.43. The molecule has 1 aromatic carbocycles. The van der Waals surface area contributed by atoms with Crippen molar-refractivity contribution < 1.29 is 18.0 Å². The zero-order valence-corrected chi connectivity index (χ0v) is 14.1. The summed E-state index contributed by atoms with van der Waals surface area (Å²) in [5, 5.41) is 2.90. The van der Waals surface area contributed by atoms with Crippen LogP contribution >= 0.6 is 0 Å². The SMILES string of the molecule is O=C(c1cc(Nc2ccc(C(F)(F)F)cc2)ncn1)N1CCCCCC1. The van der Waals surface area contributed by atoms with Crippen LogP contribution in [0.4, 0.5) is 24.7 Å². The molecule has 0 aliphatic carbocycles. The van der Waals surface area contributed by atoms with E-state index >= 15 is 0 Å². The highest BCUT2D eigenvalue weighted by atomic mass is 19.4. The lowest BCUT2D eigenvalue weighted by atomic mass is 10.2. The molecule has 1 N–H and O–H groups in total. The fraction of sp³-hybridized carbons (Fsp3) is 0.389. The molecule has 2 aromatic rings. The fourth-order valence-corrected chi connectivity index (χ4v) is 2.87. The van der Waals surface area contributed by atoms with E-state index in [9.17, 15) is 18.0 Å². The highest BCUT2D eigenvalue weighted by Crippen LogP contribution is 2.30. The van der Waals surface area contributed by atoms with Gasteiger partial charge in [0.15, 0.2) is 0 Å². The van der Waals surface area contributed by atoms with Gasteiger partial charge in [-0.05, 0) is 37.1 Å². The molecular weight excluding hydrogens is 345 g/mol. The van der Waals surface area contributed by atoms with Crippen LogP contribution in [0.1, 0.15) is 41.7 Å². The number of aromatic nitrogens is 2. The molecule has 1 saturated heterocycles. The third-order valence-corrected chi connectivity index (χ3v) is 4.26. The second kappa shape index (κ2) is 7.72. The van der Waals surface area contributed by atoms with Crippen LogP contribution in [-0.2, 0) is 6.18 Å². The van der Waals surface area contributed by atoms with Gasteiger partial charge in [-0.15, -0.1) is 0 Å². The summed E-state index contributed by atoms with van der Waals surface area (Å²) in [6.07, 6.45) is 1.10. The van der Waals surface area contributed by atoms with Crippen molar-refractivity contribution in [3.63, 3.8) is 0 Å². The third-order valence-electron chi connectivity index (χ3n) is 4.26. The summed E-state index contributed by atoms with van der Waals surface area (Å²) in [7, 11) is 0. The number of nitrogens with zero attached hydrogens (tertiary/aromatic N) is 3. The summed E-state index contributed by atoms with van der Waals surface area (Å²) in [4.78, 5) is 22.5. The molecule has 0 bridgehead atoms. The summed E-state index contributed by atoms with van der Waals surface area (Å²) < 4.78 is 37.8. The number of carbonyl (C=O) groups is 1. The van der Waals surface area contributed by atoms with E-state index in [2.05, 4.69) is 15.3 Å². The van der Waals surface area contributed by atoms with Crippen LogP contribution < -0.4 is 5.32 Å². The molecule has 138 valence electrons. The minimum Gasteiger partial charge on any atom is -0.340 e. The second-order valence-electron chi connectivity index (χ2n) is 6.20. The summed E-state index contributed by atoms with van der Waals surface area (Å²) >= 11 is 0. The number of halogens is 3. The minimum atomic E-state index is -4.37. The third kappa shape index (κ3) is 4.50. The Hall–Kier alpha value is -2.64. The standard InChI is InChI=1S/C18H19F3N4O/c19-18(20,21)13-5-7-14(8-6-13)24-16-11-15(22-12-23-16)17(26)25-9-3-1-2-4-10-25/h5-8,11-12H,1-4,9-10H2,(H,22,23,24). The van der Waals surface area contributed by atoms with Crippen molar-refractivity contribution in [2.75, 3.05) is 18.4 Å². The van der Waals surface area contributed by atoms with E-state index in [0.29, 0.717) is 24.6 Å². The number of benzene rings is 1. The van der Waals surface area contributed by atoms with E-state index in [4.69, 9.17) is 0 Å². The molecule has 2 heterocycles. The summed E-state index contributed by atoms with van der Waals surface area (Å²) in [6, 6.07) is 6.15. The second-order valence-corrected chi connectivity index (χ2v) is 6.20. The molecule has 1 amide bonds. The predicted molar refractivity (Wildman–Crippen MR) is 91.1 cm³/mol. The number of alkyl halides is 3. The highest BCUT2D eigenvalue weighted by Gasteiger charge is 2.30. The Bertz CT molecular complexity index is 754. The van der Waals surface area contributed by atoms with Gasteiger partial charge in [0.25, 0.3) is 5.91 Å². The van der Waals surface area contributed by atoms with Crippen LogP contribution in [-0.4, -0.2) is 33.9 Å². The van der Waals surface area contributed by atoms with Crippen LogP contribution in [0, 0.1) is 0 Å². The van der Waals surface area contributed by atoms with E-state index < -0.39 is 11.7 Å². The van der Waals surface area contributed by atoms with E-state index in [-0.39, 0.29) is 11.6 Å². The molecule has 1 aliphatic heterocycles. The number of rotatable bonds is 3. The van der Waals surface area contributed by atoms with Gasteiger partial charge in [-0.3, -0.25) is 4.79 Å². The smallest absolute Gasteiger partial charge is 0.340 e. The van der Waals surface area contributed by atoms with Gasteiger partial charge in [0.05, 0.1) is 5.56 Å². The zero-order chi connectivity index (χ0) is 18.6. The highest BCUT2D eigenvalue weighted by molar-refractivity contribution is 5.93. The number of hydrogen-bond acceptors (Lipinski definition) is 4. The molecule has 0 atom stereocenters. The summed E-state index contributed by atoms with van der Waals surface area (Å²) in [5.74, 6) is 0.211. The molecule has 0 spiro atoms. The van der Waals surface area contributed by atoms with Crippen molar-refractivity contribution in [1.82, 2.24) is 14.9 Å². The Labute approximate surface area is 149 Å². The lowest BCUT2D eigenvalue weighted by Crippen LogP contribution is -2.32. The van der Waals surface area contributed by atoms with Gasteiger partial charge in [-0.1, -0.05) is 12.8 Å². The van der Waals surface area contributed by atoms with E-state index in [1.807, 2.05) is 0 Å². The van der Waals surface area contributed by atoms with Gasteiger partial charge in [0.2, 0.25) is 0 Å². The van der Waals surface area contributed by atoms with Crippen LogP contribution in [0.5, 0.6) is 0 Å². The van der Waals surface area contributed by atoms with Crippen molar-refractivity contribution in [1.29, 1.82) is 0 Å². The van der Waals surface area contributed by atoms with Crippen LogP contribution in [0.3, 0.4) is 0 Å². The number of anilines is 2. The molecule has 5 nitrogen and oxygen atoms in total. The van der Waals surface area contributed by atoms with Gasteiger partial charge in [-0.25, -0.2) is 9.97 Å². The van der Waals surface area contributed by atoms with Crippen molar-refractivity contribution in [2.45, 2.75) is 31.9 Å². The van der Waals surface area contributed by atoms with Crippen molar-refractivity contribution in [3.05, 3.63) is 47.9 Å². The van der Waals surface area contributed by atoms with E-state index in [0.717, 1.165) is 37.8 Å². The number of nitrogens with one attached hydrogen (secondary N) is 1. The van der Waals surface area contributed by atoms with Gasteiger partial charge < -0.3 is 10.2 Å². The number of carbonyl (C=O) groups excluding carboxylic acids is 1. The molecule has 1 aliphatic rings. The van der Waals surface area contributed by atoms with Gasteiger partial charge in [-0.2, -0.15) is 13.2 Å². The molecule has 8 heteroatoms. The Morgan fingerprint density at radius 2 is 1.65 bits per heavy atom. The van der Waals surface area contributed by atoms with E-state index in [1.165, 1.54) is 24.5 Å². The predicted octanol–water partition coefficient (Wildman–Crippen LogP) is 4.26. The van der Waals surface area contributed by atoms with Gasteiger partial charge >= 0.3 is 6.18 Å². The summed E-state index contributed by atoms with van der Waals surface area (Å²) in [5.41, 5.74) is 0.00366. The Morgan fingerprint density at radius 3 is 2.27 bits per heavy atom. The zero-order valence-electron chi connectivity index (χ0n) is 14.1. The number of likely N-dealkylation sites (tertiary alicyclic amines) is 1. The van der Waals surface area contributed by atoms with Crippen LogP contribution in [0.25, 0.3) is 0 Å². The average molecular weight is 364 g/mol. The van der Waals surface area contributed by atoms with E-state index in [1.54, 1.807) is 4.90 Å². The molecule has 1 aromatic heterocycles. The first-order valence-electron chi connectivity index (χ1n) is 8.49. The Balaban J connectivity index is 1.71. The Kier molecular flexibility index (Phi) is 5.39. The molecular formula is C18H19F3N4O. The quantitative estimate of drug-likeness (QED) is 0.884. The first kappa shape index (κ1) is 18.2.